The Labute approximate surface area is 75.6 Å². The van der Waals surface area contributed by atoms with Crippen LogP contribution in [0.25, 0.3) is 0 Å². The van der Waals surface area contributed by atoms with E-state index in [0.717, 1.165) is 12.1 Å². The van der Waals surface area contributed by atoms with Crippen LogP contribution in [0.2, 0.25) is 5.15 Å². The topological polar surface area (TPSA) is 25.8 Å². The second-order valence-electron chi connectivity index (χ2n) is 2.09. The molecule has 1 aromatic heterocycles. The van der Waals surface area contributed by atoms with Gasteiger partial charge in [-0.2, -0.15) is 0 Å². The predicted molar refractivity (Wildman–Crippen MR) is 46.0 cm³/mol. The van der Waals surface area contributed by atoms with Crippen molar-refractivity contribution in [3.63, 3.8) is 0 Å². The maximum absolute atomic E-state index is 5.70. The highest BCUT2D eigenvalue weighted by atomic mass is 35.5. The number of nitrogens with zero attached hydrogens (tertiary/aromatic N) is 2. The Bertz CT molecular complexity index is 228. The Morgan fingerprint density at radius 1 is 1.45 bits per heavy atom. The first-order valence-corrected chi connectivity index (χ1v) is 4.25. The summed E-state index contributed by atoms with van der Waals surface area (Å²) in [6.45, 7) is 2.01. The van der Waals surface area contributed by atoms with Gasteiger partial charge in [0.25, 0.3) is 0 Å². The van der Waals surface area contributed by atoms with Crippen LogP contribution in [-0.2, 0) is 12.3 Å². The molecule has 0 radical (unpaired) electrons. The highest BCUT2D eigenvalue weighted by Gasteiger charge is 1.99. The molecule has 0 amide bonds. The van der Waals surface area contributed by atoms with Crippen molar-refractivity contribution in [2.75, 3.05) is 0 Å². The van der Waals surface area contributed by atoms with Gasteiger partial charge in [0.1, 0.15) is 11.0 Å². The molecule has 0 atom stereocenters. The van der Waals surface area contributed by atoms with Crippen LogP contribution in [0, 0.1) is 0 Å². The molecule has 11 heavy (non-hydrogen) atoms. The van der Waals surface area contributed by atoms with Crippen molar-refractivity contribution < 1.29 is 0 Å². The SMILES string of the molecule is CCc1cc(Cl)nc(CCl)n1. The van der Waals surface area contributed by atoms with Gasteiger partial charge in [-0.25, -0.2) is 9.97 Å². The fourth-order valence-corrected chi connectivity index (χ4v) is 1.10. The number of halogens is 2. The quantitative estimate of drug-likeness (QED) is 0.529. The standard InChI is InChI=1S/C7H8Cl2N2/c1-2-5-3-6(9)11-7(4-8)10-5/h3H,2,4H2,1H3. The molecule has 0 aliphatic carbocycles. The number of aryl methyl sites for hydroxylation is 1. The van der Waals surface area contributed by atoms with Gasteiger partial charge in [0.2, 0.25) is 0 Å². The van der Waals surface area contributed by atoms with Gasteiger partial charge in [-0.1, -0.05) is 18.5 Å². The van der Waals surface area contributed by atoms with Crippen LogP contribution in [0.5, 0.6) is 0 Å². The van der Waals surface area contributed by atoms with E-state index in [1.807, 2.05) is 6.92 Å². The molecule has 0 spiro atoms. The van der Waals surface area contributed by atoms with Crippen LogP contribution in [0.15, 0.2) is 6.07 Å². The van der Waals surface area contributed by atoms with E-state index < -0.39 is 0 Å². The van der Waals surface area contributed by atoms with Gasteiger partial charge < -0.3 is 0 Å². The van der Waals surface area contributed by atoms with Crippen LogP contribution in [0.3, 0.4) is 0 Å². The second kappa shape index (κ2) is 3.88. The zero-order valence-electron chi connectivity index (χ0n) is 6.14. The smallest absolute Gasteiger partial charge is 0.145 e. The number of aromatic nitrogens is 2. The van der Waals surface area contributed by atoms with Gasteiger partial charge in [0.15, 0.2) is 0 Å². The van der Waals surface area contributed by atoms with Gasteiger partial charge in [-0.15, -0.1) is 11.6 Å². The van der Waals surface area contributed by atoms with Crippen LogP contribution in [-0.4, -0.2) is 9.97 Å². The molecule has 1 heterocycles. The van der Waals surface area contributed by atoms with E-state index in [1.54, 1.807) is 6.07 Å². The monoisotopic (exact) mass is 190 g/mol. The van der Waals surface area contributed by atoms with Gasteiger partial charge in [0.05, 0.1) is 5.88 Å². The first-order valence-electron chi connectivity index (χ1n) is 3.34. The summed E-state index contributed by atoms with van der Waals surface area (Å²) in [5, 5.41) is 0.465. The first-order chi connectivity index (χ1) is 5.26. The molecule has 60 valence electrons. The molecule has 0 unspecified atom stereocenters. The third kappa shape index (κ3) is 2.31. The van der Waals surface area contributed by atoms with E-state index >= 15 is 0 Å². The number of alkyl halides is 1. The summed E-state index contributed by atoms with van der Waals surface area (Å²) in [4.78, 5) is 8.07. The van der Waals surface area contributed by atoms with Crippen LogP contribution >= 0.6 is 23.2 Å². The summed E-state index contributed by atoms with van der Waals surface area (Å²) in [5.74, 6) is 0.907. The fraction of sp³-hybridized carbons (Fsp3) is 0.429. The zero-order chi connectivity index (χ0) is 8.27. The van der Waals surface area contributed by atoms with Crippen molar-refractivity contribution in [1.29, 1.82) is 0 Å². The average Bonchev–Trinajstić information content (AvgIpc) is 2.03. The number of rotatable bonds is 2. The molecule has 0 aliphatic rings. The van der Waals surface area contributed by atoms with Crippen LogP contribution in [0.1, 0.15) is 18.4 Å². The molecular weight excluding hydrogens is 183 g/mol. The Hall–Kier alpha value is -0.340. The lowest BCUT2D eigenvalue weighted by molar-refractivity contribution is 0.938. The normalized spacial score (nSPS) is 10.1. The summed E-state index contributed by atoms with van der Waals surface area (Å²) in [5.41, 5.74) is 0.931. The second-order valence-corrected chi connectivity index (χ2v) is 2.74. The lowest BCUT2D eigenvalue weighted by Gasteiger charge is -1.98. The van der Waals surface area contributed by atoms with E-state index in [9.17, 15) is 0 Å². The van der Waals surface area contributed by atoms with Crippen LogP contribution in [0.4, 0.5) is 0 Å². The minimum absolute atomic E-state index is 0.313. The van der Waals surface area contributed by atoms with Gasteiger partial charge in [0, 0.05) is 5.69 Å². The van der Waals surface area contributed by atoms with E-state index in [0.29, 0.717) is 16.9 Å². The molecule has 0 fully saturated rings. The first kappa shape index (κ1) is 8.75. The molecule has 1 rings (SSSR count). The molecule has 0 aromatic carbocycles. The van der Waals surface area contributed by atoms with Gasteiger partial charge in [-0.05, 0) is 12.5 Å². The minimum atomic E-state index is 0.313. The van der Waals surface area contributed by atoms with Crippen molar-refractivity contribution in [3.8, 4) is 0 Å². The Morgan fingerprint density at radius 2 is 2.18 bits per heavy atom. The summed E-state index contributed by atoms with van der Waals surface area (Å²) >= 11 is 11.2. The Kier molecular flexibility index (Phi) is 3.09. The Morgan fingerprint density at radius 3 is 2.73 bits per heavy atom. The summed E-state index contributed by atoms with van der Waals surface area (Å²) in [7, 11) is 0. The third-order valence-electron chi connectivity index (χ3n) is 1.28. The maximum Gasteiger partial charge on any atom is 0.145 e. The molecule has 0 saturated heterocycles. The zero-order valence-corrected chi connectivity index (χ0v) is 7.65. The minimum Gasteiger partial charge on any atom is -0.237 e. The van der Waals surface area contributed by atoms with Crippen molar-refractivity contribution in [2.45, 2.75) is 19.2 Å². The van der Waals surface area contributed by atoms with Crippen molar-refractivity contribution in [2.24, 2.45) is 0 Å². The molecule has 0 bridgehead atoms. The molecule has 0 N–H and O–H groups in total. The molecule has 1 aromatic rings. The largest absolute Gasteiger partial charge is 0.237 e. The van der Waals surface area contributed by atoms with E-state index in [-0.39, 0.29) is 0 Å². The van der Waals surface area contributed by atoms with Crippen molar-refractivity contribution >= 4 is 23.2 Å². The summed E-state index contributed by atoms with van der Waals surface area (Å²) in [6, 6.07) is 1.75. The van der Waals surface area contributed by atoms with Crippen molar-refractivity contribution in [1.82, 2.24) is 9.97 Å². The van der Waals surface area contributed by atoms with Crippen LogP contribution < -0.4 is 0 Å². The number of hydrogen-bond acceptors (Lipinski definition) is 2. The lowest BCUT2D eigenvalue weighted by Crippen LogP contribution is -1.96. The molecular formula is C7H8Cl2N2. The van der Waals surface area contributed by atoms with E-state index in [1.165, 1.54) is 0 Å². The van der Waals surface area contributed by atoms with E-state index in [2.05, 4.69) is 9.97 Å². The molecule has 2 nitrogen and oxygen atoms in total. The van der Waals surface area contributed by atoms with Gasteiger partial charge >= 0.3 is 0 Å². The molecule has 0 saturated carbocycles. The highest BCUT2D eigenvalue weighted by molar-refractivity contribution is 6.29. The lowest BCUT2D eigenvalue weighted by atomic mass is 10.3. The summed E-state index contributed by atoms with van der Waals surface area (Å²) in [6.07, 6.45) is 0.853. The Balaban J connectivity index is 3.02. The average molecular weight is 191 g/mol. The predicted octanol–water partition coefficient (Wildman–Crippen LogP) is 2.43. The molecule has 0 aliphatic heterocycles. The third-order valence-corrected chi connectivity index (χ3v) is 1.71. The highest BCUT2D eigenvalue weighted by Crippen LogP contribution is 2.08. The van der Waals surface area contributed by atoms with Crippen molar-refractivity contribution in [3.05, 3.63) is 22.7 Å². The fourth-order valence-electron chi connectivity index (χ4n) is 0.757. The van der Waals surface area contributed by atoms with E-state index in [4.69, 9.17) is 23.2 Å². The number of hydrogen-bond donors (Lipinski definition) is 0. The molecule has 4 heteroatoms. The maximum atomic E-state index is 5.70. The van der Waals surface area contributed by atoms with Gasteiger partial charge in [-0.3, -0.25) is 0 Å². The summed E-state index contributed by atoms with van der Waals surface area (Å²) < 4.78 is 0.